The van der Waals surface area contributed by atoms with E-state index in [2.05, 4.69) is 40.8 Å². The molecule has 1 aromatic heterocycles. The van der Waals surface area contributed by atoms with Crippen LogP contribution in [0.15, 0.2) is 48.5 Å². The number of hydrogen-bond acceptors (Lipinski definition) is 2. The number of carbonyl (C=O) groups excluding carboxylic acids is 1. The molecule has 0 aliphatic carbocycles. The summed E-state index contributed by atoms with van der Waals surface area (Å²) in [7, 11) is 2.18. The molecule has 0 saturated carbocycles. The first-order chi connectivity index (χ1) is 14.6. The Morgan fingerprint density at radius 2 is 1.90 bits per heavy atom. The molecule has 156 valence electrons. The van der Waals surface area contributed by atoms with Gasteiger partial charge in [0.15, 0.2) is 0 Å². The van der Waals surface area contributed by atoms with Crippen molar-refractivity contribution in [3.8, 4) is 0 Å². The van der Waals surface area contributed by atoms with Gasteiger partial charge in [-0.05, 0) is 54.7 Å². The number of hydrogen-bond donors (Lipinski definition) is 0. The molecule has 5 heteroatoms. The number of likely N-dealkylation sites (tertiary alicyclic amines) is 1. The van der Waals surface area contributed by atoms with Gasteiger partial charge in [-0.3, -0.25) is 9.69 Å². The number of fused-ring (bicyclic) bond motifs is 3. The minimum atomic E-state index is -0.305. The van der Waals surface area contributed by atoms with Crippen molar-refractivity contribution in [3.05, 3.63) is 71.2 Å². The van der Waals surface area contributed by atoms with Crippen LogP contribution in [0.4, 0.5) is 4.39 Å². The highest BCUT2D eigenvalue weighted by atomic mass is 19.1. The van der Waals surface area contributed by atoms with Gasteiger partial charge in [0.05, 0.1) is 0 Å². The van der Waals surface area contributed by atoms with Crippen molar-refractivity contribution < 1.29 is 9.18 Å². The fourth-order valence-corrected chi connectivity index (χ4v) is 5.28. The lowest BCUT2D eigenvalue weighted by Crippen LogP contribution is -2.44. The topological polar surface area (TPSA) is 28.5 Å². The number of aromatic nitrogens is 1. The first-order valence-electron chi connectivity index (χ1n) is 10.9. The van der Waals surface area contributed by atoms with Crippen LogP contribution in [0.1, 0.15) is 34.5 Å². The van der Waals surface area contributed by atoms with Gasteiger partial charge in [-0.2, -0.15) is 0 Å². The third kappa shape index (κ3) is 3.52. The summed E-state index contributed by atoms with van der Waals surface area (Å²) in [6.45, 7) is 4.66. The van der Waals surface area contributed by atoms with Crippen LogP contribution in [0, 0.1) is 11.7 Å². The zero-order valence-electron chi connectivity index (χ0n) is 17.5. The molecule has 3 aromatic rings. The SMILES string of the molecule is Cn1c2c(c3ccccc31)CN(CC1CCCN(C(=O)c3ccc(F)cc3)C1)CC2. The summed E-state index contributed by atoms with van der Waals surface area (Å²) < 4.78 is 15.5. The van der Waals surface area contributed by atoms with Crippen molar-refractivity contribution in [1.29, 1.82) is 0 Å². The van der Waals surface area contributed by atoms with Gasteiger partial charge in [-0.25, -0.2) is 4.39 Å². The second-order valence-electron chi connectivity index (χ2n) is 8.75. The van der Waals surface area contributed by atoms with E-state index in [0.29, 0.717) is 11.5 Å². The number of benzene rings is 2. The van der Waals surface area contributed by atoms with E-state index in [9.17, 15) is 9.18 Å². The second-order valence-corrected chi connectivity index (χ2v) is 8.75. The highest BCUT2D eigenvalue weighted by molar-refractivity contribution is 5.94. The summed E-state index contributed by atoms with van der Waals surface area (Å²) in [4.78, 5) is 17.4. The Kier molecular flexibility index (Phi) is 5.07. The molecule has 0 N–H and O–H groups in total. The smallest absolute Gasteiger partial charge is 0.253 e. The lowest BCUT2D eigenvalue weighted by Gasteiger charge is -2.37. The average molecular weight is 406 g/mol. The molecule has 1 fully saturated rings. The standard InChI is InChI=1S/C25H28FN3O/c1-27-23-7-3-2-6-21(23)22-17-28(14-12-24(22)27)15-18-5-4-13-29(16-18)25(30)19-8-10-20(26)11-9-19/h2-3,6-11,18H,4-5,12-17H2,1H3. The molecule has 2 aliphatic heterocycles. The monoisotopic (exact) mass is 405 g/mol. The predicted octanol–water partition coefficient (Wildman–Crippen LogP) is 4.23. The summed E-state index contributed by atoms with van der Waals surface area (Å²) in [5.74, 6) is 0.204. The van der Waals surface area contributed by atoms with Crippen LogP contribution in [0.3, 0.4) is 0 Å². The summed E-state index contributed by atoms with van der Waals surface area (Å²) in [6, 6.07) is 14.6. The average Bonchev–Trinajstić information content (AvgIpc) is 3.06. The molecule has 1 unspecified atom stereocenters. The van der Waals surface area contributed by atoms with Crippen LogP contribution in [0.5, 0.6) is 0 Å². The van der Waals surface area contributed by atoms with Crippen LogP contribution in [-0.4, -0.2) is 46.5 Å². The fourth-order valence-electron chi connectivity index (χ4n) is 5.28. The third-order valence-corrected chi connectivity index (χ3v) is 6.80. The van der Waals surface area contributed by atoms with Gasteiger partial charge in [0.2, 0.25) is 0 Å². The quantitative estimate of drug-likeness (QED) is 0.653. The Morgan fingerprint density at radius 3 is 2.73 bits per heavy atom. The van der Waals surface area contributed by atoms with Crippen molar-refractivity contribution in [2.45, 2.75) is 25.8 Å². The Balaban J connectivity index is 1.27. The van der Waals surface area contributed by atoms with Crippen molar-refractivity contribution in [2.24, 2.45) is 13.0 Å². The molecule has 4 nitrogen and oxygen atoms in total. The van der Waals surface area contributed by atoms with Gasteiger partial charge in [0, 0.05) is 68.4 Å². The van der Waals surface area contributed by atoms with Crippen molar-refractivity contribution in [2.75, 3.05) is 26.2 Å². The van der Waals surface area contributed by atoms with Gasteiger partial charge in [-0.15, -0.1) is 0 Å². The van der Waals surface area contributed by atoms with Gasteiger partial charge in [0.25, 0.3) is 5.91 Å². The van der Waals surface area contributed by atoms with E-state index in [1.54, 1.807) is 12.1 Å². The number of para-hydroxylation sites is 1. The van der Waals surface area contributed by atoms with Crippen LogP contribution >= 0.6 is 0 Å². The maximum absolute atomic E-state index is 13.2. The van der Waals surface area contributed by atoms with E-state index in [-0.39, 0.29) is 11.7 Å². The Hall–Kier alpha value is -2.66. The van der Waals surface area contributed by atoms with E-state index in [1.807, 2.05) is 4.90 Å². The van der Waals surface area contributed by atoms with Crippen molar-refractivity contribution >= 4 is 16.8 Å². The minimum Gasteiger partial charge on any atom is -0.347 e. The molecule has 0 bridgehead atoms. The highest BCUT2D eigenvalue weighted by Gasteiger charge is 2.28. The number of aryl methyl sites for hydroxylation is 1. The number of rotatable bonds is 3. The van der Waals surface area contributed by atoms with E-state index in [1.165, 1.54) is 34.3 Å². The molecule has 2 aromatic carbocycles. The van der Waals surface area contributed by atoms with Crippen LogP contribution in [0.2, 0.25) is 0 Å². The lowest BCUT2D eigenvalue weighted by atomic mass is 9.95. The molecule has 1 saturated heterocycles. The van der Waals surface area contributed by atoms with Crippen LogP contribution in [-0.2, 0) is 20.0 Å². The first kappa shape index (κ1) is 19.3. The number of nitrogens with zero attached hydrogens (tertiary/aromatic N) is 3. The van der Waals surface area contributed by atoms with Crippen LogP contribution in [0.25, 0.3) is 10.9 Å². The summed E-state index contributed by atoms with van der Waals surface area (Å²) in [5, 5.41) is 1.37. The fraction of sp³-hybridized carbons (Fsp3) is 0.400. The summed E-state index contributed by atoms with van der Waals surface area (Å²) in [6.07, 6.45) is 3.27. The number of amides is 1. The Bertz CT molecular complexity index is 1070. The molecule has 3 heterocycles. The Morgan fingerprint density at radius 1 is 1.10 bits per heavy atom. The van der Waals surface area contributed by atoms with Gasteiger partial charge >= 0.3 is 0 Å². The third-order valence-electron chi connectivity index (χ3n) is 6.80. The van der Waals surface area contributed by atoms with E-state index < -0.39 is 0 Å². The zero-order valence-corrected chi connectivity index (χ0v) is 17.5. The van der Waals surface area contributed by atoms with Crippen molar-refractivity contribution in [1.82, 2.24) is 14.4 Å². The number of piperidine rings is 1. The molecular weight excluding hydrogens is 377 g/mol. The molecule has 2 aliphatic rings. The summed E-state index contributed by atoms with van der Waals surface area (Å²) >= 11 is 0. The highest BCUT2D eigenvalue weighted by Crippen LogP contribution is 2.31. The first-order valence-corrected chi connectivity index (χ1v) is 10.9. The normalized spacial score (nSPS) is 19.8. The zero-order chi connectivity index (χ0) is 20.7. The minimum absolute atomic E-state index is 0.0229. The molecule has 1 atom stereocenters. The molecule has 30 heavy (non-hydrogen) atoms. The molecule has 1 amide bonds. The maximum atomic E-state index is 13.2. The largest absolute Gasteiger partial charge is 0.347 e. The van der Waals surface area contributed by atoms with Crippen LogP contribution < -0.4 is 0 Å². The molecule has 0 spiro atoms. The van der Waals surface area contributed by atoms with Crippen molar-refractivity contribution in [3.63, 3.8) is 0 Å². The van der Waals surface area contributed by atoms with Gasteiger partial charge in [0.1, 0.15) is 5.82 Å². The molecule has 0 radical (unpaired) electrons. The van der Waals surface area contributed by atoms with Gasteiger partial charge < -0.3 is 9.47 Å². The Labute approximate surface area is 176 Å². The molecular formula is C25H28FN3O. The predicted molar refractivity (Wildman–Crippen MR) is 117 cm³/mol. The van der Waals surface area contributed by atoms with E-state index in [4.69, 9.17) is 0 Å². The summed E-state index contributed by atoms with van der Waals surface area (Å²) in [5.41, 5.74) is 4.83. The van der Waals surface area contributed by atoms with E-state index in [0.717, 1.165) is 52.0 Å². The van der Waals surface area contributed by atoms with E-state index >= 15 is 0 Å². The number of carbonyl (C=O) groups is 1. The number of halogens is 1. The lowest BCUT2D eigenvalue weighted by molar-refractivity contribution is 0.0633. The van der Waals surface area contributed by atoms with Gasteiger partial charge in [-0.1, -0.05) is 18.2 Å². The maximum Gasteiger partial charge on any atom is 0.253 e. The second kappa shape index (κ2) is 7.88. The molecule has 5 rings (SSSR count).